The topological polar surface area (TPSA) is 30.9 Å². The summed E-state index contributed by atoms with van der Waals surface area (Å²) in [5, 5.41) is 0. The van der Waals surface area contributed by atoms with Crippen LogP contribution in [0.1, 0.15) is 43.4 Å². The van der Waals surface area contributed by atoms with Crippen LogP contribution in [-0.4, -0.2) is 38.3 Å². The van der Waals surface area contributed by atoms with Gasteiger partial charge in [-0.2, -0.15) is 0 Å². The minimum absolute atomic E-state index is 0.488. The van der Waals surface area contributed by atoms with E-state index in [4.69, 9.17) is 14.2 Å². The molecule has 3 aromatic rings. The fraction of sp³-hybridized carbons (Fsp3) is 0.400. The van der Waals surface area contributed by atoms with Gasteiger partial charge >= 0.3 is 0 Å². The van der Waals surface area contributed by atoms with E-state index >= 15 is 0 Å². The summed E-state index contributed by atoms with van der Waals surface area (Å²) >= 11 is 0. The summed E-state index contributed by atoms with van der Waals surface area (Å²) in [5.41, 5.74) is 3.59. The van der Waals surface area contributed by atoms with Gasteiger partial charge in [0.15, 0.2) is 11.5 Å². The van der Waals surface area contributed by atoms with E-state index in [-0.39, 0.29) is 0 Å². The van der Waals surface area contributed by atoms with Gasteiger partial charge in [0.2, 0.25) is 5.75 Å². The van der Waals surface area contributed by atoms with Crippen molar-refractivity contribution in [3.8, 4) is 17.2 Å². The molecule has 0 bridgehead atoms. The fourth-order valence-electron chi connectivity index (χ4n) is 4.10. The molecule has 0 unspecified atom stereocenters. The maximum Gasteiger partial charge on any atom is 0.203 e. The normalized spacial score (nSPS) is 10.9. The molecular weight excluding hydrogens is 422 g/mol. The Bertz CT molecular complexity index is 954. The maximum absolute atomic E-state index is 6.25. The van der Waals surface area contributed by atoms with Gasteiger partial charge in [-0.3, -0.25) is 0 Å². The zero-order valence-corrected chi connectivity index (χ0v) is 21.0. The maximum atomic E-state index is 6.25. The van der Waals surface area contributed by atoms with Gasteiger partial charge in [0, 0.05) is 13.0 Å². The first-order valence-electron chi connectivity index (χ1n) is 12.5. The quantitative estimate of drug-likeness (QED) is 0.256. The molecule has 34 heavy (non-hydrogen) atoms. The van der Waals surface area contributed by atoms with Crippen LogP contribution >= 0.6 is 0 Å². The molecule has 0 atom stereocenters. The van der Waals surface area contributed by atoms with Crippen LogP contribution in [0.4, 0.5) is 0 Å². The van der Waals surface area contributed by atoms with E-state index in [1.807, 2.05) is 24.3 Å². The Morgan fingerprint density at radius 1 is 0.647 bits per heavy atom. The molecule has 0 radical (unpaired) electrons. The Labute approximate surface area is 205 Å². The zero-order valence-electron chi connectivity index (χ0n) is 21.0. The van der Waals surface area contributed by atoms with E-state index in [1.165, 1.54) is 24.0 Å². The lowest BCUT2D eigenvalue weighted by molar-refractivity contribution is 0.261. The van der Waals surface area contributed by atoms with Crippen molar-refractivity contribution in [1.82, 2.24) is 4.90 Å². The number of rotatable bonds is 15. The van der Waals surface area contributed by atoms with Gasteiger partial charge in [0.25, 0.3) is 0 Å². The number of hydrogen-bond donors (Lipinski definition) is 0. The molecule has 0 heterocycles. The van der Waals surface area contributed by atoms with Crippen molar-refractivity contribution in [3.05, 3.63) is 89.5 Å². The average Bonchev–Trinajstić information content (AvgIpc) is 2.87. The molecule has 3 aromatic carbocycles. The molecule has 0 aromatic heterocycles. The Morgan fingerprint density at radius 2 is 1.24 bits per heavy atom. The summed E-state index contributed by atoms with van der Waals surface area (Å²) in [6.07, 6.45) is 4.12. The van der Waals surface area contributed by atoms with E-state index in [0.717, 1.165) is 49.5 Å². The highest BCUT2D eigenvalue weighted by atomic mass is 16.5. The first-order chi connectivity index (χ1) is 16.7. The number of hydrogen-bond acceptors (Lipinski definition) is 4. The Balaban J connectivity index is 1.77. The van der Waals surface area contributed by atoms with Gasteiger partial charge in [-0.1, -0.05) is 74.5 Å². The second-order valence-electron chi connectivity index (χ2n) is 8.58. The molecule has 0 saturated carbocycles. The largest absolute Gasteiger partial charge is 0.490 e. The minimum Gasteiger partial charge on any atom is -0.490 e. The monoisotopic (exact) mass is 461 g/mol. The third-order valence-electron chi connectivity index (χ3n) is 5.81. The first kappa shape index (κ1) is 25.6. The summed E-state index contributed by atoms with van der Waals surface area (Å²) in [6, 6.07) is 24.9. The van der Waals surface area contributed by atoms with Crippen LogP contribution in [0, 0.1) is 0 Å². The Hall–Kier alpha value is -2.98. The van der Waals surface area contributed by atoms with Crippen LogP contribution in [0.5, 0.6) is 17.2 Å². The predicted octanol–water partition coefficient (Wildman–Crippen LogP) is 6.56. The minimum atomic E-state index is 0.488. The highest BCUT2D eigenvalue weighted by Gasteiger charge is 2.16. The van der Waals surface area contributed by atoms with E-state index in [9.17, 15) is 0 Å². The molecule has 0 aliphatic heterocycles. The molecule has 0 aliphatic carbocycles. The SMILES string of the molecule is CCCN(CCC)CCc1cc(OCCc2ccccc2)c(OC)c(OCc2ccccc2)c1. The van der Waals surface area contributed by atoms with Crippen molar-refractivity contribution in [2.45, 2.75) is 46.1 Å². The molecule has 0 N–H and O–H groups in total. The lowest BCUT2D eigenvalue weighted by Gasteiger charge is -2.22. The lowest BCUT2D eigenvalue weighted by Crippen LogP contribution is -2.27. The second kappa shape index (κ2) is 14.3. The summed E-state index contributed by atoms with van der Waals surface area (Å²) in [4.78, 5) is 2.53. The number of methoxy groups -OCH3 is 1. The number of nitrogens with zero attached hydrogens (tertiary/aromatic N) is 1. The van der Waals surface area contributed by atoms with Gasteiger partial charge in [0.05, 0.1) is 13.7 Å². The van der Waals surface area contributed by atoms with Crippen LogP contribution in [-0.2, 0) is 19.4 Å². The Morgan fingerprint density at radius 3 is 1.82 bits per heavy atom. The van der Waals surface area contributed by atoms with Crippen LogP contribution in [0.15, 0.2) is 72.8 Å². The highest BCUT2D eigenvalue weighted by molar-refractivity contribution is 5.54. The van der Waals surface area contributed by atoms with E-state index in [2.05, 4.69) is 67.3 Å². The summed E-state index contributed by atoms with van der Waals surface area (Å²) in [5.74, 6) is 2.14. The van der Waals surface area contributed by atoms with Crippen LogP contribution in [0.25, 0.3) is 0 Å². The predicted molar refractivity (Wildman–Crippen MR) is 140 cm³/mol. The molecule has 4 heteroatoms. The third kappa shape index (κ3) is 8.11. The van der Waals surface area contributed by atoms with Gasteiger partial charge in [0.1, 0.15) is 6.61 Å². The number of ether oxygens (including phenoxy) is 3. The van der Waals surface area contributed by atoms with Crippen molar-refractivity contribution in [1.29, 1.82) is 0 Å². The van der Waals surface area contributed by atoms with E-state index in [1.54, 1.807) is 7.11 Å². The highest BCUT2D eigenvalue weighted by Crippen LogP contribution is 2.39. The smallest absolute Gasteiger partial charge is 0.203 e. The molecular formula is C30H39NO3. The Kier molecular flexibility index (Phi) is 10.8. The molecule has 4 nitrogen and oxygen atoms in total. The van der Waals surface area contributed by atoms with Crippen LogP contribution < -0.4 is 14.2 Å². The molecule has 182 valence electrons. The van der Waals surface area contributed by atoms with Crippen molar-refractivity contribution < 1.29 is 14.2 Å². The third-order valence-corrected chi connectivity index (χ3v) is 5.81. The van der Waals surface area contributed by atoms with Crippen LogP contribution in [0.2, 0.25) is 0 Å². The molecule has 3 rings (SSSR count). The lowest BCUT2D eigenvalue weighted by atomic mass is 10.1. The van der Waals surface area contributed by atoms with E-state index < -0.39 is 0 Å². The van der Waals surface area contributed by atoms with E-state index in [0.29, 0.717) is 19.0 Å². The zero-order chi connectivity index (χ0) is 24.0. The summed E-state index contributed by atoms with van der Waals surface area (Å²) in [6.45, 7) is 8.83. The van der Waals surface area contributed by atoms with Crippen LogP contribution in [0.3, 0.4) is 0 Å². The van der Waals surface area contributed by atoms with Crippen molar-refractivity contribution in [2.24, 2.45) is 0 Å². The van der Waals surface area contributed by atoms with Crippen molar-refractivity contribution >= 4 is 0 Å². The van der Waals surface area contributed by atoms with Gasteiger partial charge in [-0.15, -0.1) is 0 Å². The second-order valence-corrected chi connectivity index (χ2v) is 8.58. The standard InChI is InChI=1S/C30H39NO3/c1-4-18-31(19-5-2)20-16-27-22-28(33-21-17-25-12-8-6-9-13-25)30(32-3)29(23-27)34-24-26-14-10-7-11-15-26/h6-15,22-23H,4-5,16-21,24H2,1-3H3. The van der Waals surface area contributed by atoms with Crippen molar-refractivity contribution in [3.63, 3.8) is 0 Å². The van der Waals surface area contributed by atoms with Crippen molar-refractivity contribution in [2.75, 3.05) is 33.4 Å². The summed E-state index contributed by atoms with van der Waals surface area (Å²) < 4.78 is 18.3. The molecule has 0 aliphatic rings. The number of benzene rings is 3. The molecule has 0 fully saturated rings. The molecule has 0 saturated heterocycles. The molecule has 0 spiro atoms. The van der Waals surface area contributed by atoms with Gasteiger partial charge in [-0.25, -0.2) is 0 Å². The summed E-state index contributed by atoms with van der Waals surface area (Å²) in [7, 11) is 1.68. The average molecular weight is 462 g/mol. The van der Waals surface area contributed by atoms with Gasteiger partial charge in [-0.05, 0) is 61.2 Å². The van der Waals surface area contributed by atoms with Gasteiger partial charge < -0.3 is 19.1 Å². The first-order valence-corrected chi connectivity index (χ1v) is 12.5. The fourth-order valence-corrected chi connectivity index (χ4v) is 4.10. The molecule has 0 amide bonds.